The van der Waals surface area contributed by atoms with E-state index in [1.807, 2.05) is 6.07 Å². The highest BCUT2D eigenvalue weighted by molar-refractivity contribution is 5.62. The smallest absolute Gasteiger partial charge is 0.146 e. The molecule has 1 aromatic carbocycles. The predicted octanol–water partition coefficient (Wildman–Crippen LogP) is 2.16. The van der Waals surface area contributed by atoms with E-state index in [9.17, 15) is 0 Å². The molecule has 0 unspecified atom stereocenters. The molecule has 4 rings (SSSR count). The molecule has 1 saturated heterocycles. The van der Waals surface area contributed by atoms with Crippen molar-refractivity contribution in [3.8, 4) is 5.75 Å². The fourth-order valence-electron chi connectivity index (χ4n) is 4.37. The van der Waals surface area contributed by atoms with Crippen LogP contribution in [0, 0.1) is 0 Å². The molecule has 0 radical (unpaired) electrons. The Morgan fingerprint density at radius 1 is 1.39 bits per heavy atom. The van der Waals surface area contributed by atoms with Gasteiger partial charge in [0, 0.05) is 17.0 Å². The molecule has 2 bridgehead atoms. The van der Waals surface area contributed by atoms with Gasteiger partial charge in [-0.25, -0.2) is 0 Å². The second-order valence-corrected chi connectivity index (χ2v) is 6.11. The SMILES string of the molecule is CN1CC[C@@]23CCC[C@@H]1[C@@H]2Oc1c(N)cccc13. The van der Waals surface area contributed by atoms with E-state index in [4.69, 9.17) is 10.5 Å². The van der Waals surface area contributed by atoms with Crippen molar-refractivity contribution in [1.82, 2.24) is 4.90 Å². The van der Waals surface area contributed by atoms with Crippen LogP contribution in [0.4, 0.5) is 5.69 Å². The molecule has 1 saturated carbocycles. The van der Waals surface area contributed by atoms with Gasteiger partial charge in [-0.05, 0) is 38.9 Å². The summed E-state index contributed by atoms with van der Waals surface area (Å²) in [4.78, 5) is 2.48. The van der Waals surface area contributed by atoms with Crippen molar-refractivity contribution in [3.05, 3.63) is 23.8 Å². The highest BCUT2D eigenvalue weighted by atomic mass is 16.5. The summed E-state index contributed by atoms with van der Waals surface area (Å²) in [6.07, 6.45) is 5.36. The molecule has 0 amide bonds. The average molecular weight is 244 g/mol. The minimum absolute atomic E-state index is 0.250. The van der Waals surface area contributed by atoms with Crippen molar-refractivity contribution in [2.75, 3.05) is 19.3 Å². The molecule has 3 heteroatoms. The van der Waals surface area contributed by atoms with E-state index in [2.05, 4.69) is 24.1 Å². The van der Waals surface area contributed by atoms with E-state index in [0.717, 1.165) is 11.4 Å². The molecule has 1 aromatic rings. The Kier molecular flexibility index (Phi) is 2.03. The molecule has 3 atom stereocenters. The van der Waals surface area contributed by atoms with Gasteiger partial charge < -0.3 is 10.5 Å². The van der Waals surface area contributed by atoms with Gasteiger partial charge in [-0.1, -0.05) is 18.6 Å². The monoisotopic (exact) mass is 244 g/mol. The van der Waals surface area contributed by atoms with E-state index >= 15 is 0 Å². The number of anilines is 1. The third-order valence-electron chi connectivity index (χ3n) is 5.32. The molecule has 3 nitrogen and oxygen atoms in total. The minimum Gasteiger partial charge on any atom is -0.485 e. The molecule has 96 valence electrons. The number of piperidine rings is 1. The first-order valence-corrected chi connectivity index (χ1v) is 6.98. The normalized spacial score (nSPS) is 37.8. The quantitative estimate of drug-likeness (QED) is 0.711. The third-order valence-corrected chi connectivity index (χ3v) is 5.32. The summed E-state index contributed by atoms with van der Waals surface area (Å²) in [5, 5.41) is 0. The van der Waals surface area contributed by atoms with Gasteiger partial charge >= 0.3 is 0 Å². The Labute approximate surface area is 108 Å². The van der Waals surface area contributed by atoms with Crippen molar-refractivity contribution in [1.29, 1.82) is 0 Å². The van der Waals surface area contributed by atoms with Crippen LogP contribution in [0.3, 0.4) is 0 Å². The van der Waals surface area contributed by atoms with Crippen LogP contribution in [0.2, 0.25) is 0 Å². The number of hydrogen-bond acceptors (Lipinski definition) is 3. The van der Waals surface area contributed by atoms with E-state index < -0.39 is 0 Å². The first kappa shape index (κ1) is 10.7. The molecule has 2 heterocycles. The van der Waals surface area contributed by atoms with Crippen molar-refractivity contribution < 1.29 is 4.74 Å². The first-order chi connectivity index (χ1) is 8.72. The van der Waals surface area contributed by atoms with Gasteiger partial charge in [-0.3, -0.25) is 4.90 Å². The number of para-hydroxylation sites is 1. The van der Waals surface area contributed by atoms with Gasteiger partial charge in [-0.2, -0.15) is 0 Å². The average Bonchev–Trinajstić information content (AvgIpc) is 2.72. The van der Waals surface area contributed by atoms with Crippen molar-refractivity contribution in [2.45, 2.75) is 43.2 Å². The van der Waals surface area contributed by atoms with Crippen LogP contribution < -0.4 is 10.5 Å². The van der Waals surface area contributed by atoms with Crippen LogP contribution >= 0.6 is 0 Å². The lowest BCUT2D eigenvalue weighted by molar-refractivity contribution is -0.0301. The summed E-state index contributed by atoms with van der Waals surface area (Å²) < 4.78 is 6.30. The highest BCUT2D eigenvalue weighted by Gasteiger charge is 2.57. The lowest BCUT2D eigenvalue weighted by Gasteiger charge is -2.51. The van der Waals surface area contributed by atoms with E-state index in [-0.39, 0.29) is 5.41 Å². The van der Waals surface area contributed by atoms with Gasteiger partial charge in [0.2, 0.25) is 0 Å². The Hall–Kier alpha value is -1.22. The lowest BCUT2D eigenvalue weighted by Crippen LogP contribution is -2.60. The molecular formula is C15H20N2O. The zero-order chi connectivity index (χ0) is 12.3. The summed E-state index contributed by atoms with van der Waals surface area (Å²) in [6, 6.07) is 6.84. The van der Waals surface area contributed by atoms with Crippen molar-refractivity contribution in [3.63, 3.8) is 0 Å². The minimum atomic E-state index is 0.250. The summed E-state index contributed by atoms with van der Waals surface area (Å²) in [5.74, 6) is 0.977. The molecule has 0 spiro atoms. The number of rotatable bonds is 0. The molecule has 1 aliphatic carbocycles. The van der Waals surface area contributed by atoms with Crippen LogP contribution in [0.5, 0.6) is 5.75 Å². The standard InChI is InChI=1S/C15H20N2O/c1-17-9-8-15-7-3-6-12(17)14(15)18-13-10(15)4-2-5-11(13)16/h2,4-5,12,14H,3,6-9,16H2,1H3/t12-,14+,15-/m1/s1. The Bertz CT molecular complexity index is 501. The van der Waals surface area contributed by atoms with E-state index in [1.54, 1.807) is 0 Å². The summed E-state index contributed by atoms with van der Waals surface area (Å²) >= 11 is 0. The van der Waals surface area contributed by atoms with Crippen molar-refractivity contribution in [2.24, 2.45) is 0 Å². The second-order valence-electron chi connectivity index (χ2n) is 6.11. The Morgan fingerprint density at radius 3 is 3.17 bits per heavy atom. The van der Waals surface area contributed by atoms with E-state index in [0.29, 0.717) is 12.1 Å². The predicted molar refractivity (Wildman–Crippen MR) is 71.8 cm³/mol. The maximum atomic E-state index is 6.30. The maximum Gasteiger partial charge on any atom is 0.146 e. The molecule has 3 aliphatic rings. The number of hydrogen-bond donors (Lipinski definition) is 1. The number of nitrogen functional groups attached to an aromatic ring is 1. The zero-order valence-electron chi connectivity index (χ0n) is 10.9. The van der Waals surface area contributed by atoms with Crippen LogP contribution in [0.25, 0.3) is 0 Å². The number of ether oxygens (including phenoxy) is 1. The van der Waals surface area contributed by atoms with Crippen molar-refractivity contribution >= 4 is 5.69 Å². The van der Waals surface area contributed by atoms with Gasteiger partial charge in [0.25, 0.3) is 0 Å². The maximum absolute atomic E-state index is 6.30. The number of fused-ring (bicyclic) bond motifs is 1. The Balaban J connectivity index is 1.89. The largest absolute Gasteiger partial charge is 0.485 e. The van der Waals surface area contributed by atoms with Gasteiger partial charge in [0.1, 0.15) is 11.9 Å². The number of benzene rings is 1. The van der Waals surface area contributed by atoms with Crippen LogP contribution in [-0.2, 0) is 5.41 Å². The first-order valence-electron chi connectivity index (χ1n) is 6.98. The molecule has 18 heavy (non-hydrogen) atoms. The summed E-state index contributed by atoms with van der Waals surface area (Å²) in [7, 11) is 2.23. The second kappa shape index (κ2) is 3.41. The third kappa shape index (κ3) is 1.13. The highest BCUT2D eigenvalue weighted by Crippen LogP contribution is 2.56. The number of likely N-dealkylation sites (N-methyl/N-ethyl adjacent to an activating group) is 1. The fourth-order valence-corrected chi connectivity index (χ4v) is 4.37. The number of likely N-dealkylation sites (tertiary alicyclic amines) is 1. The summed E-state index contributed by atoms with van der Waals surface area (Å²) in [6.45, 7) is 1.18. The summed E-state index contributed by atoms with van der Waals surface area (Å²) in [5.41, 5.74) is 8.54. The van der Waals surface area contributed by atoms with Crippen LogP contribution in [0.1, 0.15) is 31.2 Å². The molecule has 2 fully saturated rings. The molecule has 2 aliphatic heterocycles. The van der Waals surface area contributed by atoms with Crippen LogP contribution in [0.15, 0.2) is 18.2 Å². The zero-order valence-corrected chi connectivity index (χ0v) is 10.9. The molecular weight excluding hydrogens is 224 g/mol. The van der Waals surface area contributed by atoms with Gasteiger partial charge in [0.05, 0.1) is 5.69 Å². The number of nitrogens with two attached hydrogens (primary N) is 1. The van der Waals surface area contributed by atoms with E-state index in [1.165, 1.54) is 37.8 Å². The molecule has 2 N–H and O–H groups in total. The molecule has 0 aromatic heterocycles. The van der Waals surface area contributed by atoms with Crippen LogP contribution in [-0.4, -0.2) is 30.6 Å². The fraction of sp³-hybridized carbons (Fsp3) is 0.600. The Morgan fingerprint density at radius 2 is 2.28 bits per heavy atom. The van der Waals surface area contributed by atoms with Gasteiger partial charge in [-0.15, -0.1) is 0 Å². The topological polar surface area (TPSA) is 38.5 Å². The number of nitrogens with zero attached hydrogens (tertiary/aromatic N) is 1. The lowest BCUT2D eigenvalue weighted by atomic mass is 9.62. The van der Waals surface area contributed by atoms with Gasteiger partial charge in [0.15, 0.2) is 0 Å².